The van der Waals surface area contributed by atoms with E-state index in [-0.39, 0.29) is 6.03 Å². The van der Waals surface area contributed by atoms with Gasteiger partial charge in [-0.15, -0.1) is 0 Å². The second-order valence-electron chi connectivity index (χ2n) is 3.54. The Morgan fingerprint density at radius 2 is 2.22 bits per heavy atom. The van der Waals surface area contributed by atoms with Gasteiger partial charge in [0, 0.05) is 18.1 Å². The molecule has 0 heterocycles. The van der Waals surface area contributed by atoms with Crippen LogP contribution in [0, 0.1) is 11.3 Å². The first-order valence-electron chi connectivity index (χ1n) is 5.46. The van der Waals surface area contributed by atoms with Gasteiger partial charge in [-0.05, 0) is 25.1 Å². The predicted octanol–water partition coefficient (Wildman–Crippen LogP) is 3.76. The minimum Gasteiger partial charge on any atom is -0.324 e. The molecule has 0 spiro atoms. The van der Waals surface area contributed by atoms with Crippen molar-refractivity contribution in [2.24, 2.45) is 0 Å². The quantitative estimate of drug-likeness (QED) is 0.916. The summed E-state index contributed by atoms with van der Waals surface area (Å²) in [4.78, 5) is 13.4. The molecule has 1 aromatic carbocycles. The number of hydrogen-bond acceptors (Lipinski definition) is 2. The molecule has 0 unspecified atom stereocenters. The highest BCUT2D eigenvalue weighted by atomic mass is 35.5. The Balaban J connectivity index is 2.73. The van der Waals surface area contributed by atoms with Gasteiger partial charge in [-0.3, -0.25) is 0 Å². The highest BCUT2D eigenvalue weighted by molar-refractivity contribution is 6.35. The Morgan fingerprint density at radius 1 is 1.50 bits per heavy atom. The fraction of sp³-hybridized carbons (Fsp3) is 0.333. The van der Waals surface area contributed by atoms with Crippen molar-refractivity contribution >= 4 is 34.9 Å². The van der Waals surface area contributed by atoms with Gasteiger partial charge in [0.2, 0.25) is 0 Å². The van der Waals surface area contributed by atoms with Crippen LogP contribution in [0.1, 0.15) is 13.3 Å². The van der Waals surface area contributed by atoms with Crippen LogP contribution in [0.25, 0.3) is 0 Å². The van der Waals surface area contributed by atoms with Crippen LogP contribution in [0.2, 0.25) is 10.0 Å². The molecule has 0 aromatic heterocycles. The van der Waals surface area contributed by atoms with Crippen LogP contribution in [0.4, 0.5) is 10.5 Å². The highest BCUT2D eigenvalue weighted by Crippen LogP contribution is 2.25. The summed E-state index contributed by atoms with van der Waals surface area (Å²) in [6.45, 7) is 2.75. The number of rotatable bonds is 4. The molecule has 1 rings (SSSR count). The van der Waals surface area contributed by atoms with E-state index in [4.69, 9.17) is 28.5 Å². The molecule has 1 aromatic rings. The molecule has 0 aliphatic carbocycles. The first-order chi connectivity index (χ1) is 8.58. The van der Waals surface area contributed by atoms with Crippen LogP contribution >= 0.6 is 23.2 Å². The molecule has 0 fully saturated rings. The Kier molecular flexibility index (Phi) is 5.76. The average molecular weight is 286 g/mol. The zero-order valence-corrected chi connectivity index (χ0v) is 11.4. The van der Waals surface area contributed by atoms with E-state index in [1.165, 1.54) is 4.90 Å². The fourth-order valence-electron chi connectivity index (χ4n) is 1.38. The van der Waals surface area contributed by atoms with Crippen molar-refractivity contribution in [1.29, 1.82) is 5.26 Å². The number of nitrogens with zero attached hydrogens (tertiary/aromatic N) is 2. The Bertz CT molecular complexity index is 471. The number of hydrogen-bond donors (Lipinski definition) is 1. The molecule has 96 valence electrons. The lowest BCUT2D eigenvalue weighted by Gasteiger charge is -2.20. The second kappa shape index (κ2) is 7.10. The molecule has 0 radical (unpaired) electrons. The summed E-state index contributed by atoms with van der Waals surface area (Å²) < 4.78 is 0. The average Bonchev–Trinajstić information content (AvgIpc) is 2.35. The van der Waals surface area contributed by atoms with Gasteiger partial charge in [-0.1, -0.05) is 23.2 Å². The molecule has 2 amide bonds. The zero-order valence-electron chi connectivity index (χ0n) is 9.91. The molecular weight excluding hydrogens is 273 g/mol. The number of urea groups is 1. The maximum Gasteiger partial charge on any atom is 0.321 e. The lowest BCUT2D eigenvalue weighted by atomic mass is 10.3. The normalized spacial score (nSPS) is 9.67. The number of nitriles is 1. The lowest BCUT2D eigenvalue weighted by molar-refractivity contribution is 0.215. The van der Waals surface area contributed by atoms with E-state index < -0.39 is 0 Å². The summed E-state index contributed by atoms with van der Waals surface area (Å²) in [5, 5.41) is 12.1. The number of amides is 2. The van der Waals surface area contributed by atoms with Gasteiger partial charge in [0.05, 0.1) is 23.2 Å². The maximum absolute atomic E-state index is 11.9. The molecule has 18 heavy (non-hydrogen) atoms. The zero-order chi connectivity index (χ0) is 13.5. The Hall–Kier alpha value is -1.44. The topological polar surface area (TPSA) is 56.1 Å². The van der Waals surface area contributed by atoms with Crippen LogP contribution < -0.4 is 5.32 Å². The van der Waals surface area contributed by atoms with Crippen LogP contribution in [-0.2, 0) is 0 Å². The van der Waals surface area contributed by atoms with Gasteiger partial charge in [0.15, 0.2) is 0 Å². The molecule has 6 heteroatoms. The smallest absolute Gasteiger partial charge is 0.321 e. The van der Waals surface area contributed by atoms with Crippen molar-refractivity contribution in [2.75, 3.05) is 18.4 Å². The molecule has 0 bridgehead atoms. The van der Waals surface area contributed by atoms with Crippen molar-refractivity contribution in [3.8, 4) is 6.07 Å². The van der Waals surface area contributed by atoms with Crippen molar-refractivity contribution in [2.45, 2.75) is 13.3 Å². The van der Waals surface area contributed by atoms with Crippen LogP contribution in [0.3, 0.4) is 0 Å². The van der Waals surface area contributed by atoms with Crippen molar-refractivity contribution in [3.63, 3.8) is 0 Å². The minimum absolute atomic E-state index is 0.295. The van der Waals surface area contributed by atoms with E-state index in [0.29, 0.717) is 35.2 Å². The van der Waals surface area contributed by atoms with E-state index in [1.54, 1.807) is 18.2 Å². The molecule has 4 nitrogen and oxygen atoms in total. The number of carbonyl (C=O) groups is 1. The van der Waals surface area contributed by atoms with E-state index in [1.807, 2.05) is 13.0 Å². The lowest BCUT2D eigenvalue weighted by Crippen LogP contribution is -2.35. The molecule has 0 aliphatic rings. The molecule has 0 aliphatic heterocycles. The van der Waals surface area contributed by atoms with Gasteiger partial charge in [-0.25, -0.2) is 4.79 Å². The van der Waals surface area contributed by atoms with Gasteiger partial charge in [-0.2, -0.15) is 5.26 Å². The number of halogens is 2. The largest absolute Gasteiger partial charge is 0.324 e. The van der Waals surface area contributed by atoms with E-state index >= 15 is 0 Å². The first kappa shape index (κ1) is 14.6. The van der Waals surface area contributed by atoms with Crippen molar-refractivity contribution in [3.05, 3.63) is 28.2 Å². The van der Waals surface area contributed by atoms with E-state index in [9.17, 15) is 4.79 Å². The summed E-state index contributed by atoms with van der Waals surface area (Å²) in [6.07, 6.45) is 0.296. The third-order valence-electron chi connectivity index (χ3n) is 2.33. The van der Waals surface area contributed by atoms with Gasteiger partial charge < -0.3 is 10.2 Å². The molecule has 1 N–H and O–H groups in total. The van der Waals surface area contributed by atoms with Crippen molar-refractivity contribution < 1.29 is 4.79 Å². The van der Waals surface area contributed by atoms with Crippen LogP contribution in [0.5, 0.6) is 0 Å². The monoisotopic (exact) mass is 285 g/mol. The Labute approximate surface area is 116 Å². The summed E-state index contributed by atoms with van der Waals surface area (Å²) in [6, 6.07) is 6.55. The number of nitrogens with one attached hydrogen (secondary N) is 1. The van der Waals surface area contributed by atoms with Crippen LogP contribution in [-0.4, -0.2) is 24.0 Å². The fourth-order valence-corrected chi connectivity index (χ4v) is 1.71. The van der Waals surface area contributed by atoms with Crippen molar-refractivity contribution in [1.82, 2.24) is 4.90 Å². The van der Waals surface area contributed by atoms with Crippen LogP contribution in [0.15, 0.2) is 18.2 Å². The number of carbonyl (C=O) groups excluding carboxylic acids is 1. The minimum atomic E-state index is -0.295. The number of anilines is 1. The molecular formula is C12H13Cl2N3O. The third kappa shape index (κ3) is 4.10. The summed E-state index contributed by atoms with van der Waals surface area (Å²) in [5.74, 6) is 0. The second-order valence-corrected chi connectivity index (χ2v) is 4.39. The summed E-state index contributed by atoms with van der Waals surface area (Å²) in [5.41, 5.74) is 0.463. The number of benzene rings is 1. The van der Waals surface area contributed by atoms with Gasteiger partial charge in [0.25, 0.3) is 0 Å². The van der Waals surface area contributed by atoms with Gasteiger partial charge in [0.1, 0.15) is 0 Å². The summed E-state index contributed by atoms with van der Waals surface area (Å²) in [7, 11) is 0. The van der Waals surface area contributed by atoms with E-state index in [0.717, 1.165) is 0 Å². The van der Waals surface area contributed by atoms with Gasteiger partial charge >= 0.3 is 6.03 Å². The Morgan fingerprint density at radius 3 is 2.83 bits per heavy atom. The third-order valence-corrected chi connectivity index (χ3v) is 2.90. The highest BCUT2D eigenvalue weighted by Gasteiger charge is 2.12. The summed E-state index contributed by atoms with van der Waals surface area (Å²) >= 11 is 11.8. The van der Waals surface area contributed by atoms with E-state index in [2.05, 4.69) is 5.32 Å². The molecule has 0 atom stereocenters. The SMILES string of the molecule is CCN(CCC#N)C(=O)Nc1cc(Cl)ccc1Cl. The molecule has 0 saturated carbocycles. The maximum atomic E-state index is 11.9. The predicted molar refractivity (Wildman–Crippen MR) is 73.0 cm³/mol. The first-order valence-corrected chi connectivity index (χ1v) is 6.22. The standard InChI is InChI=1S/C12H13Cl2N3O/c1-2-17(7-3-6-15)12(18)16-11-8-9(13)4-5-10(11)14/h4-5,8H,2-3,7H2,1H3,(H,16,18). The molecule has 0 saturated heterocycles.